The molecule has 2 unspecified atom stereocenters. The van der Waals surface area contributed by atoms with Crippen LogP contribution in [0.1, 0.15) is 34.6 Å². The minimum absolute atomic E-state index is 0.652. The van der Waals surface area contributed by atoms with Crippen molar-refractivity contribution in [2.75, 3.05) is 9.80 Å². The Morgan fingerprint density at radius 3 is 1.71 bits per heavy atom. The molecule has 1 fully saturated rings. The smallest absolute Gasteiger partial charge is 0.0540 e. The molecular weight excluding hydrogens is 617 g/mol. The first kappa shape index (κ1) is 30.7. The van der Waals surface area contributed by atoms with Crippen LogP contribution >= 0.6 is 0 Å². The third-order valence-electron chi connectivity index (χ3n) is 10.4. The van der Waals surface area contributed by atoms with Crippen LogP contribution < -0.4 is 9.80 Å². The zero-order chi connectivity index (χ0) is 34.3. The molecule has 0 aromatic heterocycles. The van der Waals surface area contributed by atoms with Gasteiger partial charge in [-0.1, -0.05) is 135 Å². The first-order valence-corrected chi connectivity index (χ1v) is 17.7. The van der Waals surface area contributed by atoms with Gasteiger partial charge in [0.2, 0.25) is 0 Å². The summed E-state index contributed by atoms with van der Waals surface area (Å²) in [4.78, 5) is 4.74. The normalized spacial score (nSPS) is 15.5. The highest BCUT2D eigenvalue weighted by Crippen LogP contribution is 2.55. The highest BCUT2D eigenvalue weighted by atomic mass is 15.1. The average molecular weight is 655 g/mol. The zero-order valence-electron chi connectivity index (χ0n) is 28.5. The van der Waals surface area contributed by atoms with E-state index < -0.39 is 0 Å². The molecule has 244 valence electrons. The van der Waals surface area contributed by atoms with Gasteiger partial charge in [-0.05, 0) is 112 Å². The summed E-state index contributed by atoms with van der Waals surface area (Å²) in [5.74, 6) is 1.35. The van der Waals surface area contributed by atoms with Crippen LogP contribution in [0.25, 0.3) is 40.1 Å². The largest absolute Gasteiger partial charge is 0.310 e. The van der Waals surface area contributed by atoms with Gasteiger partial charge in [-0.15, -0.1) is 0 Å². The second-order valence-corrected chi connectivity index (χ2v) is 13.5. The van der Waals surface area contributed by atoms with Gasteiger partial charge in [0.15, 0.2) is 0 Å². The molecule has 51 heavy (non-hydrogen) atoms. The summed E-state index contributed by atoms with van der Waals surface area (Å²) >= 11 is 0. The number of rotatable bonds is 9. The van der Waals surface area contributed by atoms with Crippen LogP contribution in [0.4, 0.5) is 34.1 Å². The quantitative estimate of drug-likeness (QED) is 0.153. The fraction of sp³-hybridized carbons (Fsp3) is 0.0612. The molecule has 7 aromatic carbocycles. The molecule has 0 heterocycles. The number of allylic oxidation sites excluding steroid dienone is 1. The maximum Gasteiger partial charge on any atom is 0.0540 e. The van der Waals surface area contributed by atoms with Crippen LogP contribution in [0.3, 0.4) is 0 Å². The lowest BCUT2D eigenvalue weighted by atomic mass is 9.94. The van der Waals surface area contributed by atoms with Crippen LogP contribution in [0.2, 0.25) is 0 Å². The lowest BCUT2D eigenvalue weighted by Crippen LogP contribution is -2.13. The Morgan fingerprint density at radius 1 is 0.510 bits per heavy atom. The molecule has 0 amide bonds. The van der Waals surface area contributed by atoms with Gasteiger partial charge in [-0.2, -0.15) is 0 Å². The van der Waals surface area contributed by atoms with Crippen LogP contribution in [-0.4, -0.2) is 0 Å². The van der Waals surface area contributed by atoms with Crippen LogP contribution in [0.5, 0.6) is 0 Å². The summed E-state index contributed by atoms with van der Waals surface area (Å²) in [6.07, 6.45) is 9.82. The summed E-state index contributed by atoms with van der Waals surface area (Å²) in [6, 6.07) is 57.0. The van der Waals surface area contributed by atoms with E-state index in [0.29, 0.717) is 11.8 Å². The molecule has 0 N–H and O–H groups in total. The summed E-state index contributed by atoms with van der Waals surface area (Å²) in [6.45, 7) is 8.07. The molecule has 7 aromatic rings. The number of hydrogen-bond donors (Lipinski definition) is 0. The van der Waals surface area contributed by atoms with Crippen molar-refractivity contribution in [3.05, 3.63) is 199 Å². The van der Waals surface area contributed by atoms with E-state index in [9.17, 15) is 0 Å². The number of benzene rings is 7. The highest BCUT2D eigenvalue weighted by Gasteiger charge is 2.40. The molecule has 2 aliphatic rings. The summed E-state index contributed by atoms with van der Waals surface area (Å²) < 4.78 is 0. The predicted molar refractivity (Wildman–Crippen MR) is 219 cm³/mol. The van der Waals surface area contributed by atoms with Crippen molar-refractivity contribution in [3.63, 3.8) is 0 Å². The van der Waals surface area contributed by atoms with E-state index in [4.69, 9.17) is 0 Å². The number of nitrogens with zero attached hydrogens (tertiary/aromatic N) is 2. The molecule has 0 radical (unpaired) electrons. The van der Waals surface area contributed by atoms with Crippen molar-refractivity contribution >= 4 is 63.1 Å². The van der Waals surface area contributed by atoms with Gasteiger partial charge in [-0.25, -0.2) is 0 Å². The lowest BCUT2D eigenvalue weighted by molar-refractivity contribution is 0.994. The summed E-state index contributed by atoms with van der Waals surface area (Å²) in [5.41, 5.74) is 14.1. The Kier molecular flexibility index (Phi) is 7.71. The standard InChI is InChI=1S/C49H38N2/c1-3-34-11-7-15-42(31-34)50(48-19-9-14-38-13-5-6-17-44(38)48)40-26-21-36(22-27-40)37-23-28-41(29-24-37)51(43-16-8-12-35(4-2)32-43)49-20-10-18-45-46(49)30-25-39-33-47(39)45/h3-32,39,47H,1-2,33H2. The average Bonchev–Trinajstić information content (AvgIpc) is 4.00. The Bertz CT molecular complexity index is 2450. The van der Waals surface area contributed by atoms with E-state index in [2.05, 4.69) is 193 Å². The maximum atomic E-state index is 4.04. The van der Waals surface area contributed by atoms with Crippen LogP contribution in [0.15, 0.2) is 177 Å². The van der Waals surface area contributed by atoms with E-state index in [1.807, 2.05) is 12.2 Å². The summed E-state index contributed by atoms with van der Waals surface area (Å²) in [7, 11) is 0. The maximum absolute atomic E-state index is 4.04. The van der Waals surface area contributed by atoms with Gasteiger partial charge in [0, 0.05) is 33.7 Å². The molecule has 2 atom stereocenters. The number of hydrogen-bond acceptors (Lipinski definition) is 2. The molecule has 1 saturated carbocycles. The van der Waals surface area contributed by atoms with Gasteiger partial charge in [0.05, 0.1) is 11.4 Å². The van der Waals surface area contributed by atoms with Crippen molar-refractivity contribution in [2.45, 2.75) is 12.3 Å². The van der Waals surface area contributed by atoms with E-state index in [-0.39, 0.29) is 0 Å². The van der Waals surface area contributed by atoms with E-state index >= 15 is 0 Å². The molecule has 0 aliphatic heterocycles. The second kappa shape index (κ2) is 12.8. The zero-order valence-corrected chi connectivity index (χ0v) is 28.5. The molecular formula is C49H38N2. The third kappa shape index (κ3) is 5.65. The number of fused-ring (bicyclic) bond motifs is 4. The fourth-order valence-electron chi connectivity index (χ4n) is 7.72. The van der Waals surface area contributed by atoms with Gasteiger partial charge >= 0.3 is 0 Å². The Morgan fingerprint density at radius 2 is 1.06 bits per heavy atom. The first-order valence-electron chi connectivity index (χ1n) is 17.7. The predicted octanol–water partition coefficient (Wildman–Crippen LogP) is 13.9. The van der Waals surface area contributed by atoms with Crippen molar-refractivity contribution in [1.29, 1.82) is 0 Å². The van der Waals surface area contributed by atoms with Gasteiger partial charge in [0.25, 0.3) is 0 Å². The molecule has 0 spiro atoms. The van der Waals surface area contributed by atoms with Crippen molar-refractivity contribution in [2.24, 2.45) is 5.92 Å². The van der Waals surface area contributed by atoms with Gasteiger partial charge in [-0.3, -0.25) is 0 Å². The highest BCUT2D eigenvalue weighted by molar-refractivity contribution is 5.99. The van der Waals surface area contributed by atoms with E-state index in [1.165, 1.54) is 45.1 Å². The van der Waals surface area contributed by atoms with Gasteiger partial charge in [0.1, 0.15) is 0 Å². The summed E-state index contributed by atoms with van der Waals surface area (Å²) in [5, 5.41) is 2.42. The minimum Gasteiger partial charge on any atom is -0.310 e. The monoisotopic (exact) mass is 654 g/mol. The van der Waals surface area contributed by atoms with E-state index in [0.717, 1.165) is 39.6 Å². The van der Waals surface area contributed by atoms with Crippen molar-refractivity contribution in [3.8, 4) is 11.1 Å². The fourth-order valence-corrected chi connectivity index (χ4v) is 7.72. The lowest BCUT2D eigenvalue weighted by Gasteiger charge is -2.29. The number of anilines is 6. The van der Waals surface area contributed by atoms with Crippen molar-refractivity contribution < 1.29 is 0 Å². The molecule has 2 nitrogen and oxygen atoms in total. The van der Waals surface area contributed by atoms with Crippen LogP contribution in [0, 0.1) is 5.92 Å². The Balaban J connectivity index is 1.09. The second-order valence-electron chi connectivity index (χ2n) is 13.5. The Labute approximate surface area is 300 Å². The SMILES string of the molecule is C=Cc1cccc(N(c2ccc(-c3ccc(N(c4cccc(C=C)c4)c4cccc5ccccc45)cc3)cc2)c2cccc3c2C=CC2CC32)c1. The Hall–Kier alpha value is -6.38. The van der Waals surface area contributed by atoms with Crippen LogP contribution in [-0.2, 0) is 0 Å². The first-order chi connectivity index (χ1) is 25.2. The van der Waals surface area contributed by atoms with Crippen molar-refractivity contribution in [1.82, 2.24) is 0 Å². The topological polar surface area (TPSA) is 6.48 Å². The third-order valence-corrected chi connectivity index (χ3v) is 10.4. The molecule has 2 heteroatoms. The molecule has 9 rings (SSSR count). The van der Waals surface area contributed by atoms with E-state index in [1.54, 1.807) is 0 Å². The minimum atomic E-state index is 0.652. The van der Waals surface area contributed by atoms with Gasteiger partial charge < -0.3 is 9.80 Å². The molecule has 2 aliphatic carbocycles. The molecule has 0 saturated heterocycles. The molecule has 0 bridgehead atoms.